The van der Waals surface area contributed by atoms with Gasteiger partial charge < -0.3 is 4.74 Å². The fraction of sp³-hybridized carbons (Fsp3) is 0.643. The Morgan fingerprint density at radius 3 is 2.76 bits per heavy atom. The number of methoxy groups -OCH3 is 1. The van der Waals surface area contributed by atoms with Crippen molar-refractivity contribution in [3.05, 3.63) is 22.4 Å². The van der Waals surface area contributed by atoms with Crippen LogP contribution in [0.15, 0.2) is 16.8 Å². The Balaban J connectivity index is 2.08. The van der Waals surface area contributed by atoms with Crippen LogP contribution in [0.2, 0.25) is 0 Å². The minimum absolute atomic E-state index is 0.0536. The molecule has 0 spiro atoms. The minimum Gasteiger partial charge on any atom is -0.469 e. The monoisotopic (exact) mass is 252 g/mol. The number of rotatable bonds is 4. The molecule has 0 radical (unpaired) electrons. The molecular weight excluding hydrogens is 232 g/mol. The first-order chi connectivity index (χ1) is 8.24. The highest BCUT2D eigenvalue weighted by atomic mass is 32.1. The lowest BCUT2D eigenvalue weighted by Crippen LogP contribution is -2.30. The second-order valence-corrected chi connectivity index (χ2v) is 5.90. The average molecular weight is 252 g/mol. The van der Waals surface area contributed by atoms with E-state index in [1.165, 1.54) is 31.9 Å². The van der Waals surface area contributed by atoms with Crippen molar-refractivity contribution in [3.8, 4) is 0 Å². The van der Waals surface area contributed by atoms with Crippen molar-refractivity contribution in [1.29, 1.82) is 0 Å². The second kappa shape index (κ2) is 5.67. The summed E-state index contributed by atoms with van der Waals surface area (Å²) in [6, 6.07) is 2.18. The molecule has 0 N–H and O–H groups in total. The molecule has 0 atom stereocenters. The summed E-state index contributed by atoms with van der Waals surface area (Å²) in [5.41, 5.74) is 1.53. The lowest BCUT2D eigenvalue weighted by Gasteiger charge is -2.36. The molecule has 0 amide bonds. The van der Waals surface area contributed by atoms with E-state index < -0.39 is 0 Å². The lowest BCUT2D eigenvalue weighted by atomic mass is 9.68. The van der Waals surface area contributed by atoms with Gasteiger partial charge in [-0.25, -0.2) is 0 Å². The van der Waals surface area contributed by atoms with Crippen LogP contribution in [0.1, 0.15) is 44.1 Å². The summed E-state index contributed by atoms with van der Waals surface area (Å²) in [7, 11) is 1.49. The van der Waals surface area contributed by atoms with Gasteiger partial charge in [0.1, 0.15) is 0 Å². The van der Waals surface area contributed by atoms with E-state index in [-0.39, 0.29) is 11.4 Å². The third-order valence-electron chi connectivity index (χ3n) is 3.82. The molecule has 1 heterocycles. The maximum Gasteiger partial charge on any atom is 0.306 e. The van der Waals surface area contributed by atoms with E-state index in [0.29, 0.717) is 6.42 Å². The summed E-state index contributed by atoms with van der Waals surface area (Å²) >= 11 is 1.74. The molecule has 0 saturated heterocycles. The second-order valence-electron chi connectivity index (χ2n) is 5.12. The van der Waals surface area contributed by atoms with Crippen LogP contribution >= 0.6 is 11.3 Å². The number of carbonyl (C=O) groups excluding carboxylic acids is 1. The zero-order valence-electron chi connectivity index (χ0n) is 10.4. The van der Waals surface area contributed by atoms with E-state index in [1.807, 2.05) is 0 Å². The molecule has 94 valence electrons. The van der Waals surface area contributed by atoms with E-state index in [9.17, 15) is 4.79 Å². The van der Waals surface area contributed by atoms with Gasteiger partial charge in [-0.1, -0.05) is 19.3 Å². The highest BCUT2D eigenvalue weighted by Crippen LogP contribution is 2.42. The van der Waals surface area contributed by atoms with Crippen molar-refractivity contribution >= 4 is 17.3 Å². The quantitative estimate of drug-likeness (QED) is 0.762. The van der Waals surface area contributed by atoms with Crippen LogP contribution in [-0.4, -0.2) is 13.1 Å². The van der Waals surface area contributed by atoms with Crippen LogP contribution in [0.4, 0.5) is 0 Å². The molecule has 2 nitrogen and oxygen atoms in total. The van der Waals surface area contributed by atoms with Crippen LogP contribution in [-0.2, 0) is 16.0 Å². The van der Waals surface area contributed by atoms with E-state index in [1.54, 1.807) is 11.3 Å². The number of esters is 1. The Labute approximate surface area is 107 Å². The summed E-state index contributed by atoms with van der Waals surface area (Å²) in [6.07, 6.45) is 7.76. The Morgan fingerprint density at radius 2 is 2.18 bits per heavy atom. The van der Waals surface area contributed by atoms with Crippen molar-refractivity contribution in [3.63, 3.8) is 0 Å². The lowest BCUT2D eigenvalue weighted by molar-refractivity contribution is -0.144. The Morgan fingerprint density at radius 1 is 1.41 bits per heavy atom. The van der Waals surface area contributed by atoms with Gasteiger partial charge in [0.2, 0.25) is 0 Å². The summed E-state index contributed by atoms with van der Waals surface area (Å²) < 4.78 is 4.86. The number of thiophene rings is 1. The van der Waals surface area contributed by atoms with Crippen molar-refractivity contribution in [2.75, 3.05) is 7.11 Å². The van der Waals surface area contributed by atoms with Gasteiger partial charge in [-0.3, -0.25) is 4.79 Å². The zero-order chi connectivity index (χ0) is 12.1. The highest BCUT2D eigenvalue weighted by molar-refractivity contribution is 7.07. The topological polar surface area (TPSA) is 26.3 Å². The third kappa shape index (κ3) is 3.32. The number of hydrogen-bond donors (Lipinski definition) is 0. The zero-order valence-corrected chi connectivity index (χ0v) is 11.2. The maximum atomic E-state index is 11.6. The van der Waals surface area contributed by atoms with Gasteiger partial charge in [0, 0.05) is 0 Å². The van der Waals surface area contributed by atoms with Gasteiger partial charge in [-0.05, 0) is 47.1 Å². The molecule has 1 aromatic rings. The molecule has 17 heavy (non-hydrogen) atoms. The molecule has 3 heteroatoms. The number of hydrogen-bond acceptors (Lipinski definition) is 3. The molecule has 0 aromatic carbocycles. The molecule has 1 aliphatic rings. The van der Waals surface area contributed by atoms with Crippen molar-refractivity contribution in [2.45, 2.75) is 44.9 Å². The van der Waals surface area contributed by atoms with Gasteiger partial charge in [0.05, 0.1) is 13.5 Å². The normalized spacial score (nSPS) is 18.9. The van der Waals surface area contributed by atoms with Crippen LogP contribution in [0.3, 0.4) is 0 Å². The molecule has 0 aliphatic heterocycles. The van der Waals surface area contributed by atoms with Crippen molar-refractivity contribution in [2.24, 2.45) is 5.41 Å². The molecule has 1 aliphatic carbocycles. The molecule has 1 aromatic heterocycles. The SMILES string of the molecule is COC(=O)CC1(Cc2ccsc2)CCCCC1. The standard InChI is InChI=1S/C14H20O2S/c1-16-13(15)10-14(6-3-2-4-7-14)9-12-5-8-17-11-12/h5,8,11H,2-4,6-7,9-10H2,1H3. The molecule has 1 saturated carbocycles. The summed E-state index contributed by atoms with van der Waals surface area (Å²) in [6.45, 7) is 0. The fourth-order valence-electron chi connectivity index (χ4n) is 2.92. The van der Waals surface area contributed by atoms with Crippen molar-refractivity contribution in [1.82, 2.24) is 0 Å². The number of ether oxygens (including phenoxy) is 1. The summed E-state index contributed by atoms with van der Waals surface area (Å²) in [5, 5.41) is 4.32. The first-order valence-corrected chi connectivity index (χ1v) is 7.26. The van der Waals surface area contributed by atoms with Crippen LogP contribution in [0, 0.1) is 5.41 Å². The molecule has 1 fully saturated rings. The smallest absolute Gasteiger partial charge is 0.306 e. The first kappa shape index (κ1) is 12.6. The Kier molecular flexibility index (Phi) is 4.21. The molecular formula is C14H20O2S. The van der Waals surface area contributed by atoms with Crippen LogP contribution in [0.5, 0.6) is 0 Å². The van der Waals surface area contributed by atoms with Crippen LogP contribution in [0.25, 0.3) is 0 Å². The van der Waals surface area contributed by atoms with E-state index in [2.05, 4.69) is 16.8 Å². The average Bonchev–Trinajstić information content (AvgIpc) is 2.82. The van der Waals surface area contributed by atoms with Crippen LogP contribution < -0.4 is 0 Å². The number of carbonyl (C=O) groups is 1. The molecule has 0 bridgehead atoms. The van der Waals surface area contributed by atoms with E-state index >= 15 is 0 Å². The fourth-order valence-corrected chi connectivity index (χ4v) is 3.59. The molecule has 2 rings (SSSR count). The van der Waals surface area contributed by atoms with E-state index in [4.69, 9.17) is 4.74 Å². The van der Waals surface area contributed by atoms with Gasteiger partial charge in [-0.2, -0.15) is 11.3 Å². The van der Waals surface area contributed by atoms with Gasteiger partial charge in [0.25, 0.3) is 0 Å². The predicted octanol–water partition coefficient (Wildman–Crippen LogP) is 3.80. The van der Waals surface area contributed by atoms with Gasteiger partial charge in [0.15, 0.2) is 0 Å². The minimum atomic E-state index is -0.0536. The predicted molar refractivity (Wildman–Crippen MR) is 70.2 cm³/mol. The first-order valence-electron chi connectivity index (χ1n) is 6.32. The van der Waals surface area contributed by atoms with Gasteiger partial charge in [-0.15, -0.1) is 0 Å². The Hall–Kier alpha value is -0.830. The van der Waals surface area contributed by atoms with E-state index in [0.717, 1.165) is 19.3 Å². The maximum absolute atomic E-state index is 11.6. The highest BCUT2D eigenvalue weighted by Gasteiger charge is 2.34. The third-order valence-corrected chi connectivity index (χ3v) is 4.55. The summed E-state index contributed by atoms with van der Waals surface area (Å²) in [4.78, 5) is 11.6. The molecule has 0 unspecified atom stereocenters. The largest absolute Gasteiger partial charge is 0.469 e. The van der Waals surface area contributed by atoms with Crippen molar-refractivity contribution < 1.29 is 9.53 Å². The summed E-state index contributed by atoms with van der Waals surface area (Å²) in [5.74, 6) is -0.0536. The Bertz CT molecular complexity index is 350. The van der Waals surface area contributed by atoms with Gasteiger partial charge >= 0.3 is 5.97 Å².